The van der Waals surface area contributed by atoms with Gasteiger partial charge in [0, 0.05) is 12.1 Å². The van der Waals surface area contributed by atoms with Crippen LogP contribution in [-0.2, 0) is 14.3 Å². The van der Waals surface area contributed by atoms with Gasteiger partial charge < -0.3 is 10.1 Å². The van der Waals surface area contributed by atoms with E-state index in [0.29, 0.717) is 6.41 Å². The fourth-order valence-electron chi connectivity index (χ4n) is 0.579. The topological polar surface area (TPSA) is 55.4 Å². The van der Waals surface area contributed by atoms with Gasteiger partial charge in [-0.15, -0.1) is 0 Å². The molecule has 1 amide bonds. The van der Waals surface area contributed by atoms with Crippen LogP contribution in [0, 0.1) is 0 Å². The van der Waals surface area contributed by atoms with Crippen molar-refractivity contribution < 1.29 is 23.1 Å². The van der Waals surface area contributed by atoms with E-state index in [1.807, 2.05) is 0 Å². The minimum absolute atomic E-state index is 0.341. The molecule has 6 heteroatoms. The van der Waals surface area contributed by atoms with Crippen molar-refractivity contribution in [1.82, 2.24) is 5.32 Å². The molecule has 0 aromatic rings. The minimum Gasteiger partial charge on any atom is -0.456 e. The van der Waals surface area contributed by atoms with E-state index in [9.17, 15) is 18.4 Å². The first-order valence-corrected chi connectivity index (χ1v) is 3.89. The first-order chi connectivity index (χ1) is 6.56. The molecule has 80 valence electrons. The van der Waals surface area contributed by atoms with Gasteiger partial charge in [-0.2, -0.15) is 0 Å². The lowest BCUT2D eigenvalue weighted by atomic mass is 10.3. The third-order valence-electron chi connectivity index (χ3n) is 1.20. The maximum absolute atomic E-state index is 11.6. The minimum atomic E-state index is -2.67. The zero-order valence-electron chi connectivity index (χ0n) is 7.57. The summed E-state index contributed by atoms with van der Waals surface area (Å²) in [6, 6.07) is -0.341. The van der Waals surface area contributed by atoms with Crippen molar-refractivity contribution >= 4 is 12.4 Å². The summed E-state index contributed by atoms with van der Waals surface area (Å²) >= 11 is 0. The molecule has 0 radical (unpaired) electrons. The number of rotatable bonds is 6. The van der Waals surface area contributed by atoms with E-state index in [2.05, 4.69) is 10.1 Å². The number of alkyl halides is 2. The molecule has 0 aliphatic heterocycles. The lowest BCUT2D eigenvalue weighted by Gasteiger charge is -2.03. The Bertz CT molecular complexity index is 219. The zero-order valence-corrected chi connectivity index (χ0v) is 7.57. The molecule has 1 unspecified atom stereocenters. The summed E-state index contributed by atoms with van der Waals surface area (Å²) in [6.07, 6.45) is 0.128. The summed E-state index contributed by atoms with van der Waals surface area (Å²) in [5.41, 5.74) is 0. The Balaban J connectivity index is 3.75. The van der Waals surface area contributed by atoms with Crippen molar-refractivity contribution in [3.05, 3.63) is 12.2 Å². The lowest BCUT2D eigenvalue weighted by Crippen LogP contribution is -2.22. The second-order valence-electron chi connectivity index (χ2n) is 2.45. The SMILES string of the molecule is CC(/C=C/C(=O)OCC(F)F)NC=O. The van der Waals surface area contributed by atoms with Crippen LogP contribution in [-0.4, -0.2) is 31.5 Å². The Morgan fingerprint density at radius 2 is 2.21 bits per heavy atom. The van der Waals surface area contributed by atoms with Gasteiger partial charge in [-0.25, -0.2) is 13.6 Å². The number of esters is 1. The fourth-order valence-corrected chi connectivity index (χ4v) is 0.579. The monoisotopic (exact) mass is 207 g/mol. The van der Waals surface area contributed by atoms with Gasteiger partial charge in [0.15, 0.2) is 6.61 Å². The number of nitrogens with one attached hydrogen (secondary N) is 1. The Kier molecular flexibility index (Phi) is 6.26. The molecule has 0 spiro atoms. The molecular weight excluding hydrogens is 196 g/mol. The van der Waals surface area contributed by atoms with Gasteiger partial charge in [0.05, 0.1) is 0 Å². The van der Waals surface area contributed by atoms with Gasteiger partial charge in [0.2, 0.25) is 6.41 Å². The van der Waals surface area contributed by atoms with Crippen LogP contribution < -0.4 is 5.32 Å². The number of halogens is 2. The van der Waals surface area contributed by atoms with Crippen LogP contribution in [0.5, 0.6) is 0 Å². The van der Waals surface area contributed by atoms with Gasteiger partial charge in [-0.05, 0) is 6.92 Å². The van der Waals surface area contributed by atoms with E-state index < -0.39 is 19.0 Å². The molecule has 14 heavy (non-hydrogen) atoms. The van der Waals surface area contributed by atoms with Crippen LogP contribution in [0.2, 0.25) is 0 Å². The molecule has 0 aromatic heterocycles. The van der Waals surface area contributed by atoms with Crippen LogP contribution in [0.15, 0.2) is 12.2 Å². The van der Waals surface area contributed by atoms with E-state index in [0.717, 1.165) is 6.08 Å². The number of amides is 1. The van der Waals surface area contributed by atoms with Crippen LogP contribution in [0.1, 0.15) is 6.92 Å². The average Bonchev–Trinajstić information content (AvgIpc) is 2.12. The molecule has 0 fully saturated rings. The zero-order chi connectivity index (χ0) is 11.0. The molecular formula is C8H11F2NO3. The van der Waals surface area contributed by atoms with E-state index in [-0.39, 0.29) is 6.04 Å². The number of hydrogen-bond donors (Lipinski definition) is 1. The Morgan fingerprint density at radius 3 is 2.71 bits per heavy atom. The first kappa shape index (κ1) is 12.5. The molecule has 0 heterocycles. The molecule has 0 aliphatic carbocycles. The molecule has 0 aliphatic rings. The first-order valence-electron chi connectivity index (χ1n) is 3.89. The fraction of sp³-hybridized carbons (Fsp3) is 0.500. The molecule has 0 aromatic carbocycles. The van der Waals surface area contributed by atoms with Crippen molar-refractivity contribution in [2.24, 2.45) is 0 Å². The van der Waals surface area contributed by atoms with Crippen molar-refractivity contribution in [3.8, 4) is 0 Å². The highest BCUT2D eigenvalue weighted by molar-refractivity contribution is 5.82. The molecule has 1 atom stereocenters. The van der Waals surface area contributed by atoms with Gasteiger partial charge >= 0.3 is 5.97 Å². The molecule has 1 N–H and O–H groups in total. The largest absolute Gasteiger partial charge is 0.456 e. The van der Waals surface area contributed by atoms with Crippen LogP contribution in [0.4, 0.5) is 8.78 Å². The van der Waals surface area contributed by atoms with Crippen molar-refractivity contribution in [2.75, 3.05) is 6.61 Å². The summed E-state index contributed by atoms with van der Waals surface area (Å²) in [5.74, 6) is -0.857. The summed E-state index contributed by atoms with van der Waals surface area (Å²) in [4.78, 5) is 20.6. The van der Waals surface area contributed by atoms with Gasteiger partial charge in [0.25, 0.3) is 6.43 Å². The number of carbonyl (C=O) groups is 2. The Morgan fingerprint density at radius 1 is 1.57 bits per heavy atom. The maximum Gasteiger partial charge on any atom is 0.330 e. The van der Waals surface area contributed by atoms with Gasteiger partial charge in [-0.1, -0.05) is 6.08 Å². The highest BCUT2D eigenvalue weighted by Gasteiger charge is 2.05. The van der Waals surface area contributed by atoms with Gasteiger partial charge in [-0.3, -0.25) is 4.79 Å². The summed E-state index contributed by atoms with van der Waals surface area (Å²) in [5, 5.41) is 2.34. The van der Waals surface area contributed by atoms with E-state index in [4.69, 9.17) is 0 Å². The predicted octanol–water partition coefficient (Wildman–Crippen LogP) is 0.485. The van der Waals surface area contributed by atoms with E-state index in [1.165, 1.54) is 6.08 Å². The maximum atomic E-state index is 11.6. The third-order valence-corrected chi connectivity index (χ3v) is 1.20. The molecule has 0 saturated carbocycles. The number of carbonyl (C=O) groups excluding carboxylic acids is 2. The standard InChI is InChI=1S/C8H11F2NO3/c1-6(11-5-12)2-3-8(13)14-4-7(9)10/h2-3,5-7H,4H2,1H3,(H,11,12)/b3-2+. The van der Waals surface area contributed by atoms with Crippen LogP contribution in [0.3, 0.4) is 0 Å². The second kappa shape index (κ2) is 6.99. The number of hydrogen-bond acceptors (Lipinski definition) is 3. The second-order valence-corrected chi connectivity index (χ2v) is 2.45. The summed E-state index contributed by atoms with van der Waals surface area (Å²) < 4.78 is 27.2. The normalized spacial score (nSPS) is 12.9. The number of ether oxygens (including phenoxy) is 1. The quantitative estimate of drug-likeness (QED) is 0.391. The van der Waals surface area contributed by atoms with Crippen molar-refractivity contribution in [2.45, 2.75) is 19.4 Å². The highest BCUT2D eigenvalue weighted by atomic mass is 19.3. The molecule has 4 nitrogen and oxygen atoms in total. The van der Waals surface area contributed by atoms with Gasteiger partial charge in [0.1, 0.15) is 0 Å². The van der Waals surface area contributed by atoms with E-state index >= 15 is 0 Å². The smallest absolute Gasteiger partial charge is 0.330 e. The van der Waals surface area contributed by atoms with Crippen molar-refractivity contribution in [1.29, 1.82) is 0 Å². The highest BCUT2D eigenvalue weighted by Crippen LogP contribution is 1.94. The molecule has 0 saturated heterocycles. The van der Waals surface area contributed by atoms with Crippen LogP contribution >= 0.6 is 0 Å². The van der Waals surface area contributed by atoms with E-state index in [1.54, 1.807) is 6.92 Å². The summed E-state index contributed by atoms with van der Waals surface area (Å²) in [6.45, 7) is 0.698. The predicted molar refractivity (Wildman–Crippen MR) is 44.8 cm³/mol. The molecule has 0 rings (SSSR count). The third kappa shape index (κ3) is 7.20. The molecule has 0 bridgehead atoms. The summed E-state index contributed by atoms with van der Waals surface area (Å²) in [7, 11) is 0. The van der Waals surface area contributed by atoms with Crippen LogP contribution in [0.25, 0.3) is 0 Å². The Labute approximate surface area is 79.9 Å². The lowest BCUT2D eigenvalue weighted by molar-refractivity contribution is -0.141. The van der Waals surface area contributed by atoms with Crippen molar-refractivity contribution in [3.63, 3.8) is 0 Å². The Hall–Kier alpha value is -1.46. The average molecular weight is 207 g/mol.